The summed E-state index contributed by atoms with van der Waals surface area (Å²) < 4.78 is 7.65. The Balaban J connectivity index is 1.48. The van der Waals surface area contributed by atoms with Crippen molar-refractivity contribution in [1.29, 1.82) is 0 Å². The molecule has 0 fully saturated rings. The summed E-state index contributed by atoms with van der Waals surface area (Å²) in [4.78, 5) is 12.6. The van der Waals surface area contributed by atoms with Gasteiger partial charge in [-0.1, -0.05) is 31.5 Å². The number of rotatable bonds is 7. The van der Waals surface area contributed by atoms with Crippen LogP contribution in [0.25, 0.3) is 22.9 Å². The minimum Gasteiger partial charge on any atom is -0.416 e. The molecule has 2 aromatic heterocycles. The summed E-state index contributed by atoms with van der Waals surface area (Å²) in [7, 11) is 0. The Hall–Kier alpha value is -3.74. The van der Waals surface area contributed by atoms with Crippen LogP contribution in [0, 0.1) is 6.92 Å². The van der Waals surface area contributed by atoms with Crippen LogP contribution in [0.5, 0.6) is 0 Å². The fourth-order valence-electron chi connectivity index (χ4n) is 3.14. The van der Waals surface area contributed by atoms with Crippen molar-refractivity contribution in [3.8, 4) is 22.9 Å². The molecule has 4 rings (SSSR count). The lowest BCUT2D eigenvalue weighted by Gasteiger charge is -2.08. The molecule has 0 aliphatic rings. The number of benzene rings is 2. The second-order valence-corrected chi connectivity index (χ2v) is 7.05. The summed E-state index contributed by atoms with van der Waals surface area (Å²) in [5, 5.41) is 15.5. The first kappa shape index (κ1) is 19.6. The van der Waals surface area contributed by atoms with Crippen molar-refractivity contribution in [2.45, 2.75) is 33.2 Å². The lowest BCUT2D eigenvalue weighted by Crippen LogP contribution is -2.15. The second-order valence-electron chi connectivity index (χ2n) is 7.05. The van der Waals surface area contributed by atoms with Crippen molar-refractivity contribution in [2.75, 3.05) is 5.32 Å². The zero-order valence-corrected chi connectivity index (χ0v) is 17.0. The van der Waals surface area contributed by atoms with E-state index in [1.165, 1.54) is 0 Å². The number of nitrogens with zero attached hydrogens (tertiary/aromatic N) is 4. The predicted octanol–water partition coefficient (Wildman–Crippen LogP) is 4.96. The highest BCUT2D eigenvalue weighted by Gasteiger charge is 2.14. The van der Waals surface area contributed by atoms with E-state index < -0.39 is 0 Å². The van der Waals surface area contributed by atoms with Crippen LogP contribution in [0.1, 0.15) is 35.7 Å². The van der Waals surface area contributed by atoms with Crippen LogP contribution in [-0.4, -0.2) is 25.9 Å². The normalized spacial score (nSPS) is 10.9. The van der Waals surface area contributed by atoms with Crippen LogP contribution in [-0.2, 0) is 6.54 Å². The van der Waals surface area contributed by atoms with E-state index in [0.29, 0.717) is 23.2 Å². The van der Waals surface area contributed by atoms with Crippen LogP contribution in [0.2, 0.25) is 0 Å². The van der Waals surface area contributed by atoms with Gasteiger partial charge in [-0.3, -0.25) is 4.79 Å². The average molecular weight is 401 g/mol. The molecule has 0 atom stereocenters. The van der Waals surface area contributed by atoms with Crippen LogP contribution < -0.4 is 5.32 Å². The van der Waals surface area contributed by atoms with Gasteiger partial charge in [-0.25, -0.2) is 4.68 Å². The summed E-state index contributed by atoms with van der Waals surface area (Å²) in [6.45, 7) is 4.90. The zero-order valence-electron chi connectivity index (χ0n) is 17.0. The molecule has 0 aliphatic heterocycles. The summed E-state index contributed by atoms with van der Waals surface area (Å²) in [5.41, 5.74) is 3.28. The lowest BCUT2D eigenvalue weighted by molar-refractivity contribution is 0.102. The van der Waals surface area contributed by atoms with Gasteiger partial charge in [-0.2, -0.15) is 5.10 Å². The first-order chi connectivity index (χ1) is 14.7. The Labute approximate surface area is 174 Å². The maximum atomic E-state index is 12.6. The molecular weight excluding hydrogens is 378 g/mol. The summed E-state index contributed by atoms with van der Waals surface area (Å²) in [6.07, 6.45) is 3.76. The number of aromatic nitrogens is 4. The highest BCUT2D eigenvalue weighted by molar-refractivity contribution is 6.04. The van der Waals surface area contributed by atoms with Gasteiger partial charge in [0.05, 0.1) is 6.20 Å². The SMILES string of the molecule is CCCCn1nccc1NC(=O)c1ccc(-c2nnc(-c3ccccc3C)o2)cc1. The molecule has 0 saturated heterocycles. The van der Waals surface area contributed by atoms with Gasteiger partial charge >= 0.3 is 0 Å². The summed E-state index contributed by atoms with van der Waals surface area (Å²) >= 11 is 0. The Morgan fingerprint density at radius 3 is 2.57 bits per heavy atom. The van der Waals surface area contributed by atoms with Gasteiger partial charge in [0.15, 0.2) is 0 Å². The average Bonchev–Trinajstić information content (AvgIpc) is 3.42. The van der Waals surface area contributed by atoms with Crippen LogP contribution in [0.4, 0.5) is 5.82 Å². The third-order valence-corrected chi connectivity index (χ3v) is 4.88. The van der Waals surface area contributed by atoms with E-state index in [4.69, 9.17) is 4.42 Å². The third kappa shape index (κ3) is 4.15. The first-order valence-corrected chi connectivity index (χ1v) is 9.99. The molecule has 0 unspecified atom stereocenters. The maximum Gasteiger partial charge on any atom is 0.256 e. The molecular formula is C23H23N5O2. The Kier molecular flexibility index (Phi) is 5.70. The molecule has 7 heteroatoms. The number of hydrogen-bond donors (Lipinski definition) is 1. The molecule has 1 N–H and O–H groups in total. The van der Waals surface area contributed by atoms with E-state index in [-0.39, 0.29) is 5.91 Å². The first-order valence-electron chi connectivity index (χ1n) is 9.99. The summed E-state index contributed by atoms with van der Waals surface area (Å²) in [5.74, 6) is 1.39. The minimum atomic E-state index is -0.189. The van der Waals surface area contributed by atoms with Crippen molar-refractivity contribution in [3.63, 3.8) is 0 Å². The topological polar surface area (TPSA) is 85.8 Å². The van der Waals surface area contributed by atoms with Gasteiger partial charge in [0.25, 0.3) is 5.91 Å². The molecule has 2 aromatic carbocycles. The highest BCUT2D eigenvalue weighted by atomic mass is 16.4. The Morgan fingerprint density at radius 1 is 1.03 bits per heavy atom. The van der Waals surface area contributed by atoms with Crippen LogP contribution in [0.15, 0.2) is 65.2 Å². The monoisotopic (exact) mass is 401 g/mol. The molecule has 0 radical (unpaired) electrons. The number of nitrogens with one attached hydrogen (secondary N) is 1. The van der Waals surface area contributed by atoms with E-state index >= 15 is 0 Å². The molecule has 4 aromatic rings. The van der Waals surface area contributed by atoms with Crippen molar-refractivity contribution in [1.82, 2.24) is 20.0 Å². The number of unbranched alkanes of at least 4 members (excludes halogenated alkanes) is 1. The van der Waals surface area contributed by atoms with Gasteiger partial charge in [0, 0.05) is 29.3 Å². The standard InChI is InChI=1S/C23H23N5O2/c1-3-4-15-28-20(13-14-24-28)25-21(29)17-9-11-18(12-10-17)22-26-27-23(30-22)19-8-6-5-7-16(19)2/h5-14H,3-4,15H2,1-2H3,(H,25,29). The van der Waals surface area contributed by atoms with Crippen molar-refractivity contribution in [3.05, 3.63) is 71.9 Å². The molecule has 0 aliphatic carbocycles. The van der Waals surface area contributed by atoms with Crippen LogP contribution in [0.3, 0.4) is 0 Å². The minimum absolute atomic E-state index is 0.189. The fourth-order valence-corrected chi connectivity index (χ4v) is 3.14. The van der Waals surface area contributed by atoms with Gasteiger partial charge in [0.1, 0.15) is 5.82 Å². The predicted molar refractivity (Wildman–Crippen MR) is 115 cm³/mol. The molecule has 30 heavy (non-hydrogen) atoms. The second kappa shape index (κ2) is 8.73. The van der Waals surface area contributed by atoms with Crippen LogP contribution >= 0.6 is 0 Å². The Bertz CT molecular complexity index is 1140. The smallest absolute Gasteiger partial charge is 0.256 e. The van der Waals surface area contributed by atoms with Gasteiger partial charge in [-0.05, 0) is 49.2 Å². The van der Waals surface area contributed by atoms with E-state index in [1.54, 1.807) is 41.2 Å². The van der Waals surface area contributed by atoms with Crippen molar-refractivity contribution >= 4 is 11.7 Å². The molecule has 1 amide bonds. The van der Waals surface area contributed by atoms with Crippen molar-refractivity contribution < 1.29 is 9.21 Å². The number of hydrogen-bond acceptors (Lipinski definition) is 5. The number of carbonyl (C=O) groups is 1. The number of amides is 1. The number of carbonyl (C=O) groups excluding carboxylic acids is 1. The molecule has 7 nitrogen and oxygen atoms in total. The van der Waals surface area contributed by atoms with Gasteiger partial charge in [0.2, 0.25) is 11.8 Å². The molecule has 152 valence electrons. The third-order valence-electron chi connectivity index (χ3n) is 4.88. The van der Waals surface area contributed by atoms with Gasteiger partial charge < -0.3 is 9.73 Å². The van der Waals surface area contributed by atoms with E-state index in [1.807, 2.05) is 31.2 Å². The molecule has 0 saturated carbocycles. The van der Waals surface area contributed by atoms with E-state index in [2.05, 4.69) is 27.5 Å². The molecule has 2 heterocycles. The number of anilines is 1. The zero-order chi connectivity index (χ0) is 20.9. The Morgan fingerprint density at radius 2 is 1.80 bits per heavy atom. The molecule has 0 spiro atoms. The highest BCUT2D eigenvalue weighted by Crippen LogP contribution is 2.26. The van der Waals surface area contributed by atoms with E-state index in [0.717, 1.165) is 36.1 Å². The largest absolute Gasteiger partial charge is 0.416 e. The fraction of sp³-hybridized carbons (Fsp3) is 0.217. The summed E-state index contributed by atoms with van der Waals surface area (Å²) in [6, 6.07) is 16.8. The molecule has 0 bridgehead atoms. The van der Waals surface area contributed by atoms with Gasteiger partial charge in [-0.15, -0.1) is 10.2 Å². The van der Waals surface area contributed by atoms with Crippen molar-refractivity contribution in [2.24, 2.45) is 0 Å². The number of aryl methyl sites for hydroxylation is 2. The quantitative estimate of drug-likeness (QED) is 0.473. The maximum absolute atomic E-state index is 12.6. The lowest BCUT2D eigenvalue weighted by atomic mass is 10.1. The van der Waals surface area contributed by atoms with E-state index in [9.17, 15) is 4.79 Å².